The number of nitrogens with zero attached hydrogens (tertiary/aromatic N) is 2. The number of nitrogens with two attached hydrogens (primary N) is 1. The molecule has 0 fully saturated rings. The molecule has 1 amide bonds. The van der Waals surface area contributed by atoms with Gasteiger partial charge in [-0.25, -0.2) is 9.97 Å². The lowest BCUT2D eigenvalue weighted by molar-refractivity contribution is -0.119. The first-order chi connectivity index (χ1) is 6.09. The van der Waals surface area contributed by atoms with Crippen LogP contribution < -0.4 is 11.1 Å². The number of carbonyl (C=O) groups excluding carboxylic acids is 1. The molecule has 0 aliphatic heterocycles. The molecular formula is C8H12N4O. The summed E-state index contributed by atoms with van der Waals surface area (Å²) in [4.78, 5) is 18.5. The van der Waals surface area contributed by atoms with Crippen molar-refractivity contribution < 1.29 is 4.79 Å². The summed E-state index contributed by atoms with van der Waals surface area (Å²) in [5.41, 5.74) is 6.34. The van der Waals surface area contributed by atoms with Crippen LogP contribution in [-0.4, -0.2) is 15.9 Å². The van der Waals surface area contributed by atoms with Crippen molar-refractivity contribution in [1.29, 1.82) is 0 Å². The third-order valence-electron chi connectivity index (χ3n) is 1.55. The number of rotatable bonds is 2. The topological polar surface area (TPSA) is 80.9 Å². The molecule has 1 rings (SSSR count). The minimum Gasteiger partial charge on any atom is -0.383 e. The van der Waals surface area contributed by atoms with Crippen molar-refractivity contribution in [3.8, 4) is 0 Å². The maximum Gasteiger partial charge on any atom is 0.217 e. The molecule has 5 nitrogen and oxygen atoms in total. The minimum atomic E-state index is -0.0972. The van der Waals surface area contributed by atoms with Gasteiger partial charge in [0.2, 0.25) is 5.91 Å². The monoisotopic (exact) mass is 180 g/mol. The number of aryl methyl sites for hydroxylation is 1. The third-order valence-corrected chi connectivity index (χ3v) is 1.55. The number of nitrogens with one attached hydrogen (secondary N) is 1. The van der Waals surface area contributed by atoms with E-state index >= 15 is 0 Å². The summed E-state index contributed by atoms with van der Waals surface area (Å²) in [5, 5.41) is 2.62. The number of aromatic nitrogens is 2. The van der Waals surface area contributed by atoms with Gasteiger partial charge in [0, 0.05) is 25.2 Å². The van der Waals surface area contributed by atoms with Gasteiger partial charge in [-0.15, -0.1) is 0 Å². The number of hydrogen-bond acceptors (Lipinski definition) is 4. The molecular weight excluding hydrogens is 168 g/mol. The molecule has 0 radical (unpaired) electrons. The summed E-state index contributed by atoms with van der Waals surface area (Å²) in [6, 6.07) is 0. The summed E-state index contributed by atoms with van der Waals surface area (Å²) in [6.07, 6.45) is 1.62. The molecule has 0 aliphatic carbocycles. The number of hydrogen-bond donors (Lipinski definition) is 2. The van der Waals surface area contributed by atoms with Crippen LogP contribution >= 0.6 is 0 Å². The second kappa shape index (κ2) is 3.84. The highest BCUT2D eigenvalue weighted by molar-refractivity contribution is 5.72. The fourth-order valence-electron chi connectivity index (χ4n) is 0.868. The lowest BCUT2D eigenvalue weighted by atomic mass is 10.3. The highest BCUT2D eigenvalue weighted by Crippen LogP contribution is 2.05. The average Bonchev–Trinajstić information content (AvgIpc) is 2.02. The van der Waals surface area contributed by atoms with Gasteiger partial charge in [-0.2, -0.15) is 0 Å². The zero-order valence-corrected chi connectivity index (χ0v) is 7.66. The Morgan fingerprint density at radius 1 is 1.69 bits per heavy atom. The Labute approximate surface area is 76.4 Å². The predicted octanol–water partition coefficient (Wildman–Crippen LogP) is 0.00332. The average molecular weight is 180 g/mol. The van der Waals surface area contributed by atoms with Crippen LogP contribution in [-0.2, 0) is 11.3 Å². The number of anilines is 1. The molecule has 0 saturated heterocycles. The highest BCUT2D eigenvalue weighted by Gasteiger charge is 2.01. The molecule has 1 aromatic rings. The fourth-order valence-corrected chi connectivity index (χ4v) is 0.868. The maximum absolute atomic E-state index is 10.6. The van der Waals surface area contributed by atoms with E-state index in [0.29, 0.717) is 18.2 Å². The second-order valence-electron chi connectivity index (χ2n) is 2.74. The van der Waals surface area contributed by atoms with Gasteiger partial charge in [-0.3, -0.25) is 4.79 Å². The van der Waals surface area contributed by atoms with E-state index in [4.69, 9.17) is 5.73 Å². The van der Waals surface area contributed by atoms with Crippen LogP contribution in [0.4, 0.5) is 5.82 Å². The maximum atomic E-state index is 10.6. The van der Waals surface area contributed by atoms with E-state index in [1.54, 1.807) is 13.1 Å². The van der Waals surface area contributed by atoms with Crippen molar-refractivity contribution in [2.45, 2.75) is 20.4 Å². The smallest absolute Gasteiger partial charge is 0.217 e. The molecule has 70 valence electrons. The SMILES string of the molecule is CC(=O)NCc1cnc(C)nc1N. The summed E-state index contributed by atoms with van der Waals surface area (Å²) in [5.74, 6) is 0.949. The molecule has 0 saturated carbocycles. The first-order valence-corrected chi connectivity index (χ1v) is 3.92. The summed E-state index contributed by atoms with van der Waals surface area (Å²) in [7, 11) is 0. The van der Waals surface area contributed by atoms with Crippen molar-refractivity contribution in [3.05, 3.63) is 17.6 Å². The minimum absolute atomic E-state index is 0.0972. The predicted molar refractivity (Wildman–Crippen MR) is 48.7 cm³/mol. The summed E-state index contributed by atoms with van der Waals surface area (Å²) < 4.78 is 0. The van der Waals surface area contributed by atoms with Gasteiger partial charge in [0.15, 0.2) is 0 Å². The van der Waals surface area contributed by atoms with Crippen LogP contribution in [0, 0.1) is 6.92 Å². The van der Waals surface area contributed by atoms with E-state index in [1.807, 2.05) is 0 Å². The van der Waals surface area contributed by atoms with E-state index in [-0.39, 0.29) is 5.91 Å². The summed E-state index contributed by atoms with van der Waals surface area (Å²) >= 11 is 0. The molecule has 3 N–H and O–H groups in total. The van der Waals surface area contributed by atoms with E-state index in [9.17, 15) is 4.79 Å². The molecule has 0 bridgehead atoms. The number of nitrogen functional groups attached to an aromatic ring is 1. The van der Waals surface area contributed by atoms with E-state index in [1.165, 1.54) is 6.92 Å². The van der Waals surface area contributed by atoms with Gasteiger partial charge in [0.05, 0.1) is 0 Å². The third kappa shape index (κ3) is 2.70. The lowest BCUT2D eigenvalue weighted by Crippen LogP contribution is -2.20. The normalized spacial score (nSPS) is 9.69. The lowest BCUT2D eigenvalue weighted by Gasteiger charge is -2.04. The van der Waals surface area contributed by atoms with Crippen molar-refractivity contribution in [2.24, 2.45) is 0 Å². The Morgan fingerprint density at radius 2 is 2.38 bits per heavy atom. The molecule has 5 heteroatoms. The van der Waals surface area contributed by atoms with Gasteiger partial charge in [0.25, 0.3) is 0 Å². The molecule has 0 unspecified atom stereocenters. The molecule has 0 aliphatic rings. The Kier molecular flexibility index (Phi) is 2.79. The van der Waals surface area contributed by atoms with Crippen LogP contribution in [0.5, 0.6) is 0 Å². The van der Waals surface area contributed by atoms with Gasteiger partial charge >= 0.3 is 0 Å². The van der Waals surface area contributed by atoms with Crippen LogP contribution in [0.2, 0.25) is 0 Å². The molecule has 0 aromatic carbocycles. The molecule has 13 heavy (non-hydrogen) atoms. The number of carbonyl (C=O) groups is 1. The van der Waals surface area contributed by atoms with Crippen LogP contribution in [0.25, 0.3) is 0 Å². The van der Waals surface area contributed by atoms with Gasteiger partial charge in [0.1, 0.15) is 11.6 Å². The zero-order valence-electron chi connectivity index (χ0n) is 7.66. The van der Waals surface area contributed by atoms with E-state index in [2.05, 4.69) is 15.3 Å². The Hall–Kier alpha value is -1.65. The molecule has 1 aromatic heterocycles. The van der Waals surface area contributed by atoms with E-state index in [0.717, 1.165) is 5.56 Å². The van der Waals surface area contributed by atoms with Crippen molar-refractivity contribution in [3.63, 3.8) is 0 Å². The van der Waals surface area contributed by atoms with Crippen molar-refractivity contribution in [2.75, 3.05) is 5.73 Å². The first-order valence-electron chi connectivity index (χ1n) is 3.92. The Balaban J connectivity index is 2.72. The van der Waals surface area contributed by atoms with Gasteiger partial charge < -0.3 is 11.1 Å². The van der Waals surface area contributed by atoms with Crippen LogP contribution in [0.3, 0.4) is 0 Å². The Bertz CT molecular complexity index is 324. The summed E-state index contributed by atoms with van der Waals surface area (Å²) in [6.45, 7) is 3.59. The number of amides is 1. The molecule has 0 spiro atoms. The Morgan fingerprint density at radius 3 is 2.92 bits per heavy atom. The van der Waals surface area contributed by atoms with Crippen molar-refractivity contribution >= 4 is 11.7 Å². The fraction of sp³-hybridized carbons (Fsp3) is 0.375. The van der Waals surface area contributed by atoms with Crippen molar-refractivity contribution in [1.82, 2.24) is 15.3 Å². The van der Waals surface area contributed by atoms with Crippen LogP contribution in [0.15, 0.2) is 6.20 Å². The molecule has 1 heterocycles. The first kappa shape index (κ1) is 9.44. The van der Waals surface area contributed by atoms with E-state index < -0.39 is 0 Å². The quantitative estimate of drug-likeness (QED) is 0.671. The van der Waals surface area contributed by atoms with Gasteiger partial charge in [-0.05, 0) is 6.92 Å². The standard InChI is InChI=1S/C8H12N4O/c1-5-10-3-7(8(9)12-5)4-11-6(2)13/h3H,4H2,1-2H3,(H,11,13)(H2,9,10,12). The molecule has 0 atom stereocenters. The van der Waals surface area contributed by atoms with Crippen LogP contribution in [0.1, 0.15) is 18.3 Å². The zero-order chi connectivity index (χ0) is 9.84. The van der Waals surface area contributed by atoms with Gasteiger partial charge in [-0.1, -0.05) is 0 Å². The largest absolute Gasteiger partial charge is 0.383 e. The second-order valence-corrected chi connectivity index (χ2v) is 2.74. The highest BCUT2D eigenvalue weighted by atomic mass is 16.1.